The van der Waals surface area contributed by atoms with Crippen molar-refractivity contribution in [3.63, 3.8) is 0 Å². The molecule has 0 radical (unpaired) electrons. The lowest BCUT2D eigenvalue weighted by atomic mass is 9.82. The predicted octanol–water partition coefficient (Wildman–Crippen LogP) is 3.47. The maximum Gasteiger partial charge on any atom is 0.244 e. The summed E-state index contributed by atoms with van der Waals surface area (Å²) < 4.78 is 5.75. The number of rotatable bonds is 4. The SMILES string of the molecule is NC1(C(=O)Nc2cccc(Oc3ccncc3)c2)CCCCC1. The highest BCUT2D eigenvalue weighted by atomic mass is 16.5. The van der Waals surface area contributed by atoms with E-state index >= 15 is 0 Å². The van der Waals surface area contributed by atoms with Crippen molar-refractivity contribution in [3.05, 3.63) is 48.8 Å². The Kier molecular flexibility index (Phi) is 4.57. The van der Waals surface area contributed by atoms with E-state index in [9.17, 15) is 4.79 Å². The first-order chi connectivity index (χ1) is 11.2. The molecular formula is C18H21N3O2. The fourth-order valence-electron chi connectivity index (χ4n) is 2.85. The van der Waals surface area contributed by atoms with Crippen molar-refractivity contribution in [2.24, 2.45) is 5.73 Å². The summed E-state index contributed by atoms with van der Waals surface area (Å²) in [5.41, 5.74) is 6.20. The molecular weight excluding hydrogens is 290 g/mol. The van der Waals surface area contributed by atoms with Crippen LogP contribution in [-0.4, -0.2) is 16.4 Å². The van der Waals surface area contributed by atoms with Gasteiger partial charge in [-0.3, -0.25) is 9.78 Å². The highest BCUT2D eigenvalue weighted by Crippen LogP contribution is 2.28. The van der Waals surface area contributed by atoms with Crippen molar-refractivity contribution in [2.75, 3.05) is 5.32 Å². The Hall–Kier alpha value is -2.40. The van der Waals surface area contributed by atoms with Crippen LogP contribution in [0.5, 0.6) is 11.5 Å². The van der Waals surface area contributed by atoms with Crippen LogP contribution in [0.3, 0.4) is 0 Å². The first kappa shape index (κ1) is 15.5. The average molecular weight is 311 g/mol. The molecule has 0 unspecified atom stereocenters. The standard InChI is InChI=1S/C18H21N3O2/c19-18(9-2-1-3-10-18)17(22)21-14-5-4-6-16(13-14)23-15-7-11-20-12-8-15/h4-8,11-13H,1-3,9-10,19H2,(H,21,22). The van der Waals surface area contributed by atoms with Crippen LogP contribution in [-0.2, 0) is 4.79 Å². The highest BCUT2D eigenvalue weighted by molar-refractivity contribution is 5.98. The zero-order chi connectivity index (χ0) is 16.1. The number of carbonyl (C=O) groups excluding carboxylic acids is 1. The van der Waals surface area contributed by atoms with Crippen molar-refractivity contribution in [2.45, 2.75) is 37.6 Å². The molecule has 1 aliphatic carbocycles. The summed E-state index contributed by atoms with van der Waals surface area (Å²) in [4.78, 5) is 16.4. The molecule has 1 fully saturated rings. The van der Waals surface area contributed by atoms with Crippen molar-refractivity contribution < 1.29 is 9.53 Å². The number of hydrogen-bond acceptors (Lipinski definition) is 4. The van der Waals surface area contributed by atoms with Crippen LogP contribution in [0.25, 0.3) is 0 Å². The van der Waals surface area contributed by atoms with Gasteiger partial charge in [0.25, 0.3) is 0 Å². The molecule has 0 spiro atoms. The van der Waals surface area contributed by atoms with Gasteiger partial charge in [0.2, 0.25) is 5.91 Å². The quantitative estimate of drug-likeness (QED) is 0.906. The minimum atomic E-state index is -0.750. The lowest BCUT2D eigenvalue weighted by molar-refractivity contribution is -0.122. The van der Waals surface area contributed by atoms with E-state index in [1.807, 2.05) is 18.2 Å². The first-order valence-electron chi connectivity index (χ1n) is 7.94. The fourth-order valence-corrected chi connectivity index (χ4v) is 2.85. The third-order valence-electron chi connectivity index (χ3n) is 4.18. The second-order valence-electron chi connectivity index (χ2n) is 5.98. The lowest BCUT2D eigenvalue weighted by Gasteiger charge is -2.31. The number of nitrogens with zero attached hydrogens (tertiary/aromatic N) is 1. The molecule has 1 saturated carbocycles. The summed E-state index contributed by atoms with van der Waals surface area (Å²) in [6, 6.07) is 10.9. The van der Waals surface area contributed by atoms with Gasteiger partial charge in [-0.15, -0.1) is 0 Å². The van der Waals surface area contributed by atoms with Gasteiger partial charge >= 0.3 is 0 Å². The van der Waals surface area contributed by atoms with Crippen LogP contribution in [0, 0.1) is 0 Å². The molecule has 1 amide bonds. The Labute approximate surface area is 135 Å². The Morgan fingerprint density at radius 1 is 1.09 bits per heavy atom. The van der Waals surface area contributed by atoms with Crippen LogP contribution in [0.15, 0.2) is 48.8 Å². The van der Waals surface area contributed by atoms with Crippen LogP contribution < -0.4 is 15.8 Å². The van der Waals surface area contributed by atoms with Crippen molar-refractivity contribution in [1.29, 1.82) is 0 Å². The highest BCUT2D eigenvalue weighted by Gasteiger charge is 2.35. The molecule has 2 aromatic rings. The van der Waals surface area contributed by atoms with E-state index in [1.54, 1.807) is 30.6 Å². The monoisotopic (exact) mass is 311 g/mol. The summed E-state index contributed by atoms with van der Waals surface area (Å²) >= 11 is 0. The summed E-state index contributed by atoms with van der Waals surface area (Å²) in [5, 5.41) is 2.92. The van der Waals surface area contributed by atoms with E-state index in [-0.39, 0.29) is 5.91 Å². The summed E-state index contributed by atoms with van der Waals surface area (Å²) in [6.07, 6.45) is 7.99. The number of anilines is 1. The van der Waals surface area contributed by atoms with Gasteiger partial charge < -0.3 is 15.8 Å². The van der Waals surface area contributed by atoms with E-state index in [0.29, 0.717) is 17.2 Å². The molecule has 23 heavy (non-hydrogen) atoms. The maximum absolute atomic E-state index is 12.5. The molecule has 3 rings (SSSR count). The van der Waals surface area contributed by atoms with E-state index < -0.39 is 5.54 Å². The Balaban J connectivity index is 1.69. The molecule has 0 aliphatic heterocycles. The number of hydrogen-bond donors (Lipinski definition) is 2. The number of benzene rings is 1. The van der Waals surface area contributed by atoms with Crippen LogP contribution in [0.2, 0.25) is 0 Å². The molecule has 0 atom stereocenters. The van der Waals surface area contributed by atoms with Crippen LogP contribution in [0.4, 0.5) is 5.69 Å². The van der Waals surface area contributed by atoms with Gasteiger partial charge in [-0.05, 0) is 37.1 Å². The third kappa shape index (κ3) is 3.87. The smallest absolute Gasteiger partial charge is 0.244 e. The van der Waals surface area contributed by atoms with Gasteiger partial charge in [0.15, 0.2) is 0 Å². The number of nitrogens with one attached hydrogen (secondary N) is 1. The van der Waals surface area contributed by atoms with Crippen LogP contribution in [0.1, 0.15) is 32.1 Å². The summed E-state index contributed by atoms with van der Waals surface area (Å²) in [5.74, 6) is 1.24. The minimum absolute atomic E-state index is 0.113. The molecule has 5 nitrogen and oxygen atoms in total. The number of amides is 1. The Morgan fingerprint density at radius 3 is 2.57 bits per heavy atom. The molecule has 1 aromatic carbocycles. The van der Waals surface area contributed by atoms with Crippen molar-refractivity contribution >= 4 is 11.6 Å². The van der Waals surface area contributed by atoms with Crippen molar-refractivity contribution in [3.8, 4) is 11.5 Å². The third-order valence-corrected chi connectivity index (χ3v) is 4.18. The van der Waals surface area contributed by atoms with E-state index in [1.165, 1.54) is 0 Å². The second-order valence-corrected chi connectivity index (χ2v) is 5.98. The molecule has 120 valence electrons. The number of aromatic nitrogens is 1. The lowest BCUT2D eigenvalue weighted by Crippen LogP contribution is -2.52. The predicted molar refractivity (Wildman–Crippen MR) is 89.4 cm³/mol. The molecule has 3 N–H and O–H groups in total. The average Bonchev–Trinajstić information content (AvgIpc) is 2.57. The van der Waals surface area contributed by atoms with Gasteiger partial charge in [0.1, 0.15) is 11.5 Å². The topological polar surface area (TPSA) is 77.2 Å². The Morgan fingerprint density at radius 2 is 1.83 bits per heavy atom. The van der Waals surface area contributed by atoms with Gasteiger partial charge in [-0.1, -0.05) is 25.3 Å². The van der Waals surface area contributed by atoms with Gasteiger partial charge in [-0.25, -0.2) is 0 Å². The zero-order valence-electron chi connectivity index (χ0n) is 13.0. The van der Waals surface area contributed by atoms with Crippen LogP contribution >= 0.6 is 0 Å². The molecule has 1 aliphatic rings. The summed E-state index contributed by atoms with van der Waals surface area (Å²) in [6.45, 7) is 0. The fraction of sp³-hybridized carbons (Fsp3) is 0.333. The number of pyridine rings is 1. The molecule has 5 heteroatoms. The van der Waals surface area contributed by atoms with E-state index in [4.69, 9.17) is 10.5 Å². The molecule has 1 heterocycles. The number of carbonyl (C=O) groups is 1. The number of ether oxygens (including phenoxy) is 1. The zero-order valence-corrected chi connectivity index (χ0v) is 13.0. The van der Waals surface area contributed by atoms with Gasteiger partial charge in [0, 0.05) is 24.1 Å². The van der Waals surface area contributed by atoms with Gasteiger partial charge in [-0.2, -0.15) is 0 Å². The van der Waals surface area contributed by atoms with E-state index in [2.05, 4.69) is 10.3 Å². The summed E-state index contributed by atoms with van der Waals surface area (Å²) in [7, 11) is 0. The Bertz CT molecular complexity index is 667. The number of nitrogens with two attached hydrogens (primary N) is 1. The van der Waals surface area contributed by atoms with Gasteiger partial charge in [0.05, 0.1) is 5.54 Å². The molecule has 1 aromatic heterocycles. The molecule has 0 bridgehead atoms. The second kappa shape index (κ2) is 6.79. The minimum Gasteiger partial charge on any atom is -0.457 e. The van der Waals surface area contributed by atoms with E-state index in [0.717, 1.165) is 32.1 Å². The molecule has 0 saturated heterocycles. The normalized spacial score (nSPS) is 16.6. The largest absolute Gasteiger partial charge is 0.457 e. The maximum atomic E-state index is 12.5. The van der Waals surface area contributed by atoms with Crippen molar-refractivity contribution in [1.82, 2.24) is 4.98 Å². The first-order valence-corrected chi connectivity index (χ1v) is 7.94.